The van der Waals surface area contributed by atoms with Gasteiger partial charge in [0.25, 0.3) is 0 Å². The highest BCUT2D eigenvalue weighted by atomic mass is 16.5. The van der Waals surface area contributed by atoms with Crippen molar-refractivity contribution in [2.75, 3.05) is 20.2 Å². The lowest BCUT2D eigenvalue weighted by Crippen LogP contribution is -2.41. The monoisotopic (exact) mass is 257 g/mol. The van der Waals surface area contributed by atoms with Crippen molar-refractivity contribution in [1.29, 1.82) is 0 Å². The lowest BCUT2D eigenvalue weighted by atomic mass is 9.88. The smallest absolute Gasteiger partial charge is 0.332 e. The predicted octanol–water partition coefficient (Wildman–Crippen LogP) is 0.786. The molecule has 0 aromatic heterocycles. The molecule has 0 aromatic rings. The number of likely N-dealkylation sites (tertiary alicyclic amines) is 1. The molecule has 1 saturated heterocycles. The highest BCUT2D eigenvalue weighted by molar-refractivity contribution is 5.95. The number of nitrogens with zero attached hydrogens (tertiary/aromatic N) is 1. The second-order valence-corrected chi connectivity index (χ2v) is 4.39. The van der Waals surface area contributed by atoms with Crippen LogP contribution in [0.4, 0.5) is 0 Å². The van der Waals surface area contributed by atoms with Gasteiger partial charge < -0.3 is 14.9 Å². The van der Waals surface area contributed by atoms with Gasteiger partial charge >= 0.3 is 11.9 Å². The quantitative estimate of drug-likeness (QED) is 0.708. The van der Waals surface area contributed by atoms with Crippen LogP contribution in [-0.4, -0.2) is 53.5 Å². The van der Waals surface area contributed by atoms with E-state index < -0.39 is 11.9 Å². The van der Waals surface area contributed by atoms with Crippen LogP contribution >= 0.6 is 0 Å². The van der Waals surface area contributed by atoms with E-state index in [2.05, 4.69) is 4.90 Å². The number of carboxylic acid groups (broad SMARTS) is 2. The van der Waals surface area contributed by atoms with Gasteiger partial charge in [0.2, 0.25) is 0 Å². The minimum absolute atomic E-state index is 0.00248. The molecule has 0 bridgehead atoms. The molecular weight excluding hydrogens is 238 g/mol. The number of hydrogen-bond acceptors (Lipinski definition) is 4. The molecule has 1 fully saturated rings. The first-order valence-electron chi connectivity index (χ1n) is 5.90. The molecule has 18 heavy (non-hydrogen) atoms. The summed E-state index contributed by atoms with van der Waals surface area (Å²) in [4.78, 5) is 23.7. The fourth-order valence-electron chi connectivity index (χ4n) is 2.21. The molecule has 1 unspecified atom stereocenters. The van der Waals surface area contributed by atoms with Crippen molar-refractivity contribution in [3.8, 4) is 0 Å². The van der Waals surface area contributed by atoms with E-state index in [0.717, 1.165) is 6.08 Å². The summed E-state index contributed by atoms with van der Waals surface area (Å²) in [6, 6.07) is 0. The molecule has 0 aliphatic carbocycles. The molecule has 6 heteroatoms. The van der Waals surface area contributed by atoms with Gasteiger partial charge in [-0.05, 0) is 25.7 Å². The molecule has 6 nitrogen and oxygen atoms in total. The molecular formula is C12H19NO5. The van der Waals surface area contributed by atoms with Gasteiger partial charge in [0, 0.05) is 31.8 Å². The summed E-state index contributed by atoms with van der Waals surface area (Å²) >= 11 is 0. The van der Waals surface area contributed by atoms with Gasteiger partial charge in [0.1, 0.15) is 6.23 Å². The Hall–Kier alpha value is -1.40. The van der Waals surface area contributed by atoms with E-state index in [-0.39, 0.29) is 17.7 Å². The number of carboxylic acids is 2. The normalized spacial score (nSPS) is 20.7. The Bertz CT molecular complexity index is 344. The summed E-state index contributed by atoms with van der Waals surface area (Å²) in [6.45, 7) is 3.36. The summed E-state index contributed by atoms with van der Waals surface area (Å²) in [7, 11) is 1.63. The average Bonchev–Trinajstić information content (AvgIpc) is 2.34. The largest absolute Gasteiger partial charge is 0.478 e. The zero-order valence-corrected chi connectivity index (χ0v) is 10.6. The van der Waals surface area contributed by atoms with Crippen LogP contribution in [-0.2, 0) is 14.3 Å². The molecule has 1 atom stereocenters. The summed E-state index contributed by atoms with van der Waals surface area (Å²) in [5.41, 5.74) is -0.00720. The van der Waals surface area contributed by atoms with Crippen LogP contribution in [0.15, 0.2) is 11.6 Å². The lowest BCUT2D eigenvalue weighted by molar-refractivity contribution is -0.135. The Labute approximate surface area is 106 Å². The Morgan fingerprint density at radius 2 is 1.89 bits per heavy atom. The maximum Gasteiger partial charge on any atom is 0.332 e. The molecule has 1 heterocycles. The number of ether oxygens (including phenoxy) is 1. The number of carbonyl (C=O) groups is 2. The number of rotatable bonds is 5. The van der Waals surface area contributed by atoms with Crippen molar-refractivity contribution < 1.29 is 24.5 Å². The molecule has 0 radical (unpaired) electrons. The molecule has 0 aromatic carbocycles. The van der Waals surface area contributed by atoms with Crippen LogP contribution in [0.25, 0.3) is 0 Å². The summed E-state index contributed by atoms with van der Waals surface area (Å²) in [6.07, 6.45) is 2.09. The third-order valence-electron chi connectivity index (χ3n) is 3.35. The van der Waals surface area contributed by atoms with Crippen LogP contribution in [0, 0.1) is 5.92 Å². The van der Waals surface area contributed by atoms with Crippen LogP contribution in [0.5, 0.6) is 0 Å². The number of methoxy groups -OCH3 is 1. The first-order chi connectivity index (χ1) is 8.45. The molecule has 2 N–H and O–H groups in total. The average molecular weight is 257 g/mol. The zero-order valence-electron chi connectivity index (χ0n) is 10.6. The first-order valence-corrected chi connectivity index (χ1v) is 5.90. The molecule has 0 saturated carbocycles. The summed E-state index contributed by atoms with van der Waals surface area (Å²) < 4.78 is 5.20. The van der Waals surface area contributed by atoms with Crippen molar-refractivity contribution in [2.45, 2.75) is 26.0 Å². The number of hydrogen-bond donors (Lipinski definition) is 2. The molecule has 1 aliphatic rings. The number of piperidine rings is 1. The second kappa shape index (κ2) is 6.51. The Morgan fingerprint density at radius 1 is 1.33 bits per heavy atom. The Kier molecular flexibility index (Phi) is 5.30. The molecule has 0 spiro atoms. The van der Waals surface area contributed by atoms with E-state index in [1.807, 2.05) is 6.92 Å². The zero-order chi connectivity index (χ0) is 13.7. The van der Waals surface area contributed by atoms with Crippen LogP contribution in [0.1, 0.15) is 19.8 Å². The van der Waals surface area contributed by atoms with E-state index in [4.69, 9.17) is 14.9 Å². The summed E-state index contributed by atoms with van der Waals surface area (Å²) in [5.74, 6) is -2.55. The van der Waals surface area contributed by atoms with Gasteiger partial charge in [-0.1, -0.05) is 0 Å². The SMILES string of the molecule is COC(C)N1CCC(/C(=C/C(=O)O)C(=O)O)CC1. The molecule has 0 amide bonds. The van der Waals surface area contributed by atoms with Crippen molar-refractivity contribution in [2.24, 2.45) is 5.92 Å². The first kappa shape index (κ1) is 14.7. The van der Waals surface area contributed by atoms with Crippen molar-refractivity contribution in [3.63, 3.8) is 0 Å². The van der Waals surface area contributed by atoms with Gasteiger partial charge in [-0.2, -0.15) is 0 Å². The fraction of sp³-hybridized carbons (Fsp3) is 0.667. The molecule has 102 valence electrons. The topological polar surface area (TPSA) is 87.1 Å². The van der Waals surface area contributed by atoms with Gasteiger partial charge in [-0.15, -0.1) is 0 Å². The summed E-state index contributed by atoms with van der Waals surface area (Å²) in [5, 5.41) is 17.7. The maximum absolute atomic E-state index is 11.0. The van der Waals surface area contributed by atoms with Crippen molar-refractivity contribution in [3.05, 3.63) is 11.6 Å². The van der Waals surface area contributed by atoms with E-state index in [9.17, 15) is 9.59 Å². The minimum Gasteiger partial charge on any atom is -0.478 e. The Balaban J connectivity index is 2.65. The van der Waals surface area contributed by atoms with Crippen molar-refractivity contribution in [1.82, 2.24) is 4.90 Å². The molecule has 1 rings (SSSR count). The second-order valence-electron chi connectivity index (χ2n) is 4.39. The van der Waals surface area contributed by atoms with E-state index in [1.165, 1.54) is 0 Å². The number of aliphatic carboxylic acids is 2. The van der Waals surface area contributed by atoms with Gasteiger partial charge in [0.05, 0.1) is 0 Å². The van der Waals surface area contributed by atoms with Gasteiger partial charge in [-0.25, -0.2) is 9.59 Å². The van der Waals surface area contributed by atoms with Gasteiger partial charge in [0.15, 0.2) is 0 Å². The van der Waals surface area contributed by atoms with E-state index in [1.54, 1.807) is 7.11 Å². The van der Waals surface area contributed by atoms with E-state index >= 15 is 0 Å². The van der Waals surface area contributed by atoms with Crippen LogP contribution in [0.3, 0.4) is 0 Å². The maximum atomic E-state index is 11.0. The fourth-order valence-corrected chi connectivity index (χ4v) is 2.21. The third-order valence-corrected chi connectivity index (χ3v) is 3.35. The Morgan fingerprint density at radius 3 is 2.28 bits per heavy atom. The van der Waals surface area contributed by atoms with Gasteiger partial charge in [-0.3, -0.25) is 4.90 Å². The lowest BCUT2D eigenvalue weighted by Gasteiger charge is -2.35. The van der Waals surface area contributed by atoms with Crippen molar-refractivity contribution >= 4 is 11.9 Å². The highest BCUT2D eigenvalue weighted by Crippen LogP contribution is 2.26. The van der Waals surface area contributed by atoms with E-state index in [0.29, 0.717) is 25.9 Å². The van der Waals surface area contributed by atoms with Crippen LogP contribution < -0.4 is 0 Å². The highest BCUT2D eigenvalue weighted by Gasteiger charge is 2.28. The minimum atomic E-state index is -1.21. The molecule has 1 aliphatic heterocycles. The predicted molar refractivity (Wildman–Crippen MR) is 64.1 cm³/mol. The van der Waals surface area contributed by atoms with Crippen LogP contribution in [0.2, 0.25) is 0 Å². The third kappa shape index (κ3) is 3.82. The standard InChI is InChI=1S/C12H19NO5/c1-8(18-2)13-5-3-9(4-6-13)10(12(16)17)7-11(14)15/h7-9H,3-6H2,1-2H3,(H,14,15)(H,16,17)/b10-7-.